The number of primary amides is 1. The van der Waals surface area contributed by atoms with Crippen molar-refractivity contribution in [1.82, 2.24) is 9.88 Å². The van der Waals surface area contributed by atoms with Crippen LogP contribution in [-0.4, -0.2) is 35.9 Å². The van der Waals surface area contributed by atoms with Crippen molar-refractivity contribution in [3.63, 3.8) is 0 Å². The van der Waals surface area contributed by atoms with Gasteiger partial charge in [-0.2, -0.15) is 0 Å². The predicted octanol–water partition coefficient (Wildman–Crippen LogP) is 1.07. The van der Waals surface area contributed by atoms with E-state index >= 15 is 0 Å². The summed E-state index contributed by atoms with van der Waals surface area (Å²) in [5, 5.41) is 3.00. The molecule has 0 saturated carbocycles. The Bertz CT molecular complexity index is 392. The van der Waals surface area contributed by atoms with E-state index < -0.39 is 0 Å². The number of pyridine rings is 1. The van der Waals surface area contributed by atoms with Gasteiger partial charge in [-0.3, -0.25) is 9.69 Å². The van der Waals surface area contributed by atoms with Crippen LogP contribution in [0.3, 0.4) is 0 Å². The van der Waals surface area contributed by atoms with Crippen LogP contribution in [0.4, 0.5) is 5.82 Å². The lowest BCUT2D eigenvalue weighted by atomic mass is 10.2. The van der Waals surface area contributed by atoms with Gasteiger partial charge in [0.15, 0.2) is 0 Å². The fraction of sp³-hybridized carbons (Fsp3) is 0.538. The fourth-order valence-corrected chi connectivity index (χ4v) is 1.86. The molecule has 0 fully saturated rings. The highest BCUT2D eigenvalue weighted by Crippen LogP contribution is 2.08. The molecule has 1 amide bonds. The number of carbonyl (C=O) groups is 1. The highest BCUT2D eigenvalue weighted by molar-refractivity contribution is 5.75. The number of hydrogen-bond acceptors (Lipinski definition) is 4. The van der Waals surface area contributed by atoms with Crippen LogP contribution in [0.5, 0.6) is 0 Å². The van der Waals surface area contributed by atoms with Gasteiger partial charge in [0.25, 0.3) is 0 Å². The monoisotopic (exact) mass is 250 g/mol. The van der Waals surface area contributed by atoms with Crippen molar-refractivity contribution in [3.8, 4) is 0 Å². The van der Waals surface area contributed by atoms with Gasteiger partial charge in [0.2, 0.25) is 5.91 Å². The van der Waals surface area contributed by atoms with E-state index in [2.05, 4.69) is 24.1 Å². The fourth-order valence-electron chi connectivity index (χ4n) is 1.86. The minimum atomic E-state index is -0.305. The van der Waals surface area contributed by atoms with Crippen molar-refractivity contribution in [2.45, 2.75) is 20.4 Å². The molecule has 1 aromatic rings. The number of amides is 1. The lowest BCUT2D eigenvalue weighted by molar-refractivity contribution is -0.119. The Morgan fingerprint density at radius 2 is 2.22 bits per heavy atom. The van der Waals surface area contributed by atoms with Crippen molar-refractivity contribution >= 4 is 11.7 Å². The number of aromatic nitrogens is 1. The second-order valence-corrected chi connectivity index (χ2v) is 4.79. The zero-order valence-corrected chi connectivity index (χ0v) is 11.3. The van der Waals surface area contributed by atoms with Gasteiger partial charge in [-0.1, -0.05) is 19.9 Å². The third kappa shape index (κ3) is 5.14. The predicted molar refractivity (Wildman–Crippen MR) is 73.1 cm³/mol. The molecule has 0 aromatic carbocycles. The zero-order chi connectivity index (χ0) is 13.5. The quantitative estimate of drug-likeness (QED) is 0.759. The van der Waals surface area contributed by atoms with Crippen LogP contribution in [-0.2, 0) is 11.3 Å². The van der Waals surface area contributed by atoms with Crippen LogP contribution < -0.4 is 11.1 Å². The SMILES string of the molecule is CNc1cccc(CN(CC(N)=O)CC(C)C)n1. The summed E-state index contributed by atoms with van der Waals surface area (Å²) in [4.78, 5) is 17.5. The highest BCUT2D eigenvalue weighted by atomic mass is 16.1. The van der Waals surface area contributed by atoms with Crippen LogP contribution in [0, 0.1) is 5.92 Å². The maximum Gasteiger partial charge on any atom is 0.231 e. The first-order chi connectivity index (χ1) is 8.51. The number of nitrogens with zero attached hydrogens (tertiary/aromatic N) is 2. The molecule has 0 aliphatic heterocycles. The van der Waals surface area contributed by atoms with Crippen LogP contribution in [0.1, 0.15) is 19.5 Å². The summed E-state index contributed by atoms with van der Waals surface area (Å²) in [6.45, 7) is 5.96. The average Bonchev–Trinajstić information content (AvgIpc) is 2.27. The third-order valence-electron chi connectivity index (χ3n) is 2.45. The van der Waals surface area contributed by atoms with Crippen molar-refractivity contribution in [1.29, 1.82) is 0 Å². The van der Waals surface area contributed by atoms with Gasteiger partial charge >= 0.3 is 0 Å². The van der Waals surface area contributed by atoms with E-state index in [1.807, 2.05) is 30.1 Å². The standard InChI is InChI=1S/C13H22N4O/c1-10(2)7-17(9-12(14)18)8-11-5-4-6-13(15-3)16-11/h4-6,10H,7-9H2,1-3H3,(H2,14,18)(H,15,16). The summed E-state index contributed by atoms with van der Waals surface area (Å²) in [7, 11) is 1.83. The number of rotatable bonds is 7. The number of carbonyl (C=O) groups excluding carboxylic acids is 1. The molecule has 0 aliphatic rings. The number of anilines is 1. The summed E-state index contributed by atoms with van der Waals surface area (Å²) in [5.74, 6) is 1.01. The molecule has 1 heterocycles. The van der Waals surface area contributed by atoms with Crippen molar-refractivity contribution in [2.75, 3.05) is 25.5 Å². The van der Waals surface area contributed by atoms with Gasteiger partial charge in [0.05, 0.1) is 12.2 Å². The van der Waals surface area contributed by atoms with E-state index in [4.69, 9.17) is 5.73 Å². The Balaban J connectivity index is 2.71. The Labute approximate surface area is 108 Å². The largest absolute Gasteiger partial charge is 0.373 e. The van der Waals surface area contributed by atoms with Gasteiger partial charge in [-0.15, -0.1) is 0 Å². The summed E-state index contributed by atoms with van der Waals surface area (Å²) in [6.07, 6.45) is 0. The molecule has 0 atom stereocenters. The van der Waals surface area contributed by atoms with Gasteiger partial charge in [-0.05, 0) is 18.1 Å². The molecular weight excluding hydrogens is 228 g/mol. The van der Waals surface area contributed by atoms with Crippen molar-refractivity contribution in [2.24, 2.45) is 11.7 Å². The van der Waals surface area contributed by atoms with Gasteiger partial charge in [0.1, 0.15) is 5.82 Å². The number of nitrogens with two attached hydrogens (primary N) is 1. The Morgan fingerprint density at radius 1 is 1.50 bits per heavy atom. The van der Waals surface area contributed by atoms with Crippen molar-refractivity contribution in [3.05, 3.63) is 23.9 Å². The average molecular weight is 250 g/mol. The van der Waals surface area contributed by atoms with Gasteiger partial charge < -0.3 is 11.1 Å². The van der Waals surface area contributed by atoms with E-state index in [0.29, 0.717) is 12.5 Å². The van der Waals surface area contributed by atoms with Crippen LogP contribution in [0.25, 0.3) is 0 Å². The summed E-state index contributed by atoms with van der Waals surface area (Å²) < 4.78 is 0. The lowest BCUT2D eigenvalue weighted by Crippen LogP contribution is -2.36. The molecular formula is C13H22N4O. The maximum atomic E-state index is 11.1. The minimum absolute atomic E-state index is 0.268. The molecule has 0 saturated heterocycles. The smallest absolute Gasteiger partial charge is 0.231 e. The molecule has 3 N–H and O–H groups in total. The first-order valence-electron chi connectivity index (χ1n) is 6.15. The summed E-state index contributed by atoms with van der Waals surface area (Å²) >= 11 is 0. The van der Waals surface area contributed by atoms with Crippen LogP contribution in [0.15, 0.2) is 18.2 Å². The van der Waals surface area contributed by atoms with E-state index in [9.17, 15) is 4.79 Å². The molecule has 0 spiro atoms. The van der Waals surface area contributed by atoms with Crippen LogP contribution in [0.2, 0.25) is 0 Å². The molecule has 18 heavy (non-hydrogen) atoms. The molecule has 0 radical (unpaired) electrons. The number of hydrogen-bond donors (Lipinski definition) is 2. The normalized spacial score (nSPS) is 10.9. The van der Waals surface area contributed by atoms with Gasteiger partial charge in [-0.25, -0.2) is 4.98 Å². The molecule has 5 heteroatoms. The molecule has 0 unspecified atom stereocenters. The third-order valence-corrected chi connectivity index (χ3v) is 2.45. The molecule has 1 aromatic heterocycles. The first-order valence-corrected chi connectivity index (χ1v) is 6.15. The Morgan fingerprint density at radius 3 is 2.78 bits per heavy atom. The lowest BCUT2D eigenvalue weighted by Gasteiger charge is -2.22. The second-order valence-electron chi connectivity index (χ2n) is 4.79. The van der Waals surface area contributed by atoms with E-state index in [0.717, 1.165) is 18.1 Å². The number of nitrogens with one attached hydrogen (secondary N) is 1. The summed E-state index contributed by atoms with van der Waals surface area (Å²) in [5.41, 5.74) is 6.20. The molecule has 0 bridgehead atoms. The maximum absolute atomic E-state index is 11.1. The topological polar surface area (TPSA) is 71.2 Å². The summed E-state index contributed by atoms with van der Waals surface area (Å²) in [6, 6.07) is 5.81. The second kappa shape index (κ2) is 6.96. The molecule has 1 rings (SSSR count). The van der Waals surface area contributed by atoms with E-state index in [1.165, 1.54) is 0 Å². The van der Waals surface area contributed by atoms with Crippen molar-refractivity contribution < 1.29 is 4.79 Å². The molecule has 0 aliphatic carbocycles. The molecule has 100 valence electrons. The van der Waals surface area contributed by atoms with E-state index in [1.54, 1.807) is 0 Å². The minimum Gasteiger partial charge on any atom is -0.373 e. The highest BCUT2D eigenvalue weighted by Gasteiger charge is 2.11. The van der Waals surface area contributed by atoms with Crippen LogP contribution >= 0.6 is 0 Å². The van der Waals surface area contributed by atoms with Gasteiger partial charge in [0, 0.05) is 20.1 Å². The molecule has 5 nitrogen and oxygen atoms in total. The first kappa shape index (κ1) is 14.4. The Hall–Kier alpha value is -1.62. The Kier molecular flexibility index (Phi) is 5.58. The van der Waals surface area contributed by atoms with E-state index in [-0.39, 0.29) is 12.5 Å². The zero-order valence-electron chi connectivity index (χ0n) is 11.3.